The Kier molecular flexibility index (Phi) is 6.18. The number of methoxy groups -OCH3 is 1. The molecule has 1 aromatic carbocycles. The van der Waals surface area contributed by atoms with Crippen LogP contribution in [0.2, 0.25) is 0 Å². The number of nitrogens with one attached hydrogen (secondary N) is 1. The Labute approximate surface area is 107 Å². The molecule has 0 aliphatic carbocycles. The maximum atomic E-state index is 11.4. The molecule has 1 unspecified atom stereocenters. The lowest BCUT2D eigenvalue weighted by atomic mass is 10.1. The first-order valence-corrected chi connectivity index (χ1v) is 5.80. The molecule has 0 aliphatic heterocycles. The highest BCUT2D eigenvalue weighted by Crippen LogP contribution is 2.18. The predicted molar refractivity (Wildman–Crippen MR) is 67.5 cm³/mol. The molecule has 1 aromatic rings. The Morgan fingerprint density at radius 3 is 2.94 bits per heavy atom. The third kappa shape index (κ3) is 5.16. The molecule has 0 saturated heterocycles. The summed E-state index contributed by atoms with van der Waals surface area (Å²) in [4.78, 5) is 11.4. The van der Waals surface area contributed by atoms with E-state index < -0.39 is 6.10 Å². The van der Waals surface area contributed by atoms with E-state index in [-0.39, 0.29) is 12.5 Å². The summed E-state index contributed by atoms with van der Waals surface area (Å²) < 4.78 is 10.1. The molecular weight excluding hydrogens is 234 g/mol. The monoisotopic (exact) mass is 253 g/mol. The van der Waals surface area contributed by atoms with Crippen LogP contribution in [-0.2, 0) is 9.53 Å². The van der Waals surface area contributed by atoms with Crippen molar-refractivity contribution >= 4 is 5.91 Å². The van der Waals surface area contributed by atoms with Crippen molar-refractivity contribution in [3.63, 3.8) is 0 Å². The van der Waals surface area contributed by atoms with Gasteiger partial charge in [-0.1, -0.05) is 12.1 Å². The summed E-state index contributed by atoms with van der Waals surface area (Å²) in [5.41, 5.74) is 0.757. The molecule has 0 radical (unpaired) electrons. The largest absolute Gasteiger partial charge is 0.484 e. The lowest BCUT2D eigenvalue weighted by Gasteiger charge is -2.09. The van der Waals surface area contributed by atoms with Gasteiger partial charge in [0.05, 0.1) is 12.7 Å². The molecule has 18 heavy (non-hydrogen) atoms. The van der Waals surface area contributed by atoms with Gasteiger partial charge in [-0.05, 0) is 24.6 Å². The van der Waals surface area contributed by atoms with Crippen molar-refractivity contribution in [2.75, 3.05) is 26.9 Å². The van der Waals surface area contributed by atoms with Gasteiger partial charge >= 0.3 is 0 Å². The summed E-state index contributed by atoms with van der Waals surface area (Å²) in [6.45, 7) is 2.57. The number of aliphatic hydroxyl groups excluding tert-OH is 1. The fourth-order valence-electron chi connectivity index (χ4n) is 1.36. The van der Waals surface area contributed by atoms with Gasteiger partial charge in [-0.15, -0.1) is 0 Å². The highest BCUT2D eigenvalue weighted by molar-refractivity contribution is 5.77. The summed E-state index contributed by atoms with van der Waals surface area (Å²) in [6.07, 6.45) is -0.552. The maximum Gasteiger partial charge on any atom is 0.258 e. The Bertz CT molecular complexity index is 379. The molecule has 1 rings (SSSR count). The lowest BCUT2D eigenvalue weighted by Crippen LogP contribution is -2.31. The van der Waals surface area contributed by atoms with Gasteiger partial charge < -0.3 is 19.9 Å². The van der Waals surface area contributed by atoms with Crippen LogP contribution in [0.25, 0.3) is 0 Å². The zero-order valence-electron chi connectivity index (χ0n) is 10.7. The van der Waals surface area contributed by atoms with Gasteiger partial charge in [0.25, 0.3) is 5.91 Å². The Balaban J connectivity index is 2.38. The SMILES string of the molecule is COCCNC(=O)COc1cccc(C(C)O)c1. The van der Waals surface area contributed by atoms with E-state index in [1.54, 1.807) is 38.3 Å². The minimum absolute atomic E-state index is 0.0486. The topological polar surface area (TPSA) is 67.8 Å². The number of hydrogen-bond donors (Lipinski definition) is 2. The number of ether oxygens (including phenoxy) is 2. The van der Waals surface area contributed by atoms with Gasteiger partial charge in [0.15, 0.2) is 6.61 Å². The standard InChI is InChI=1S/C13H19NO4/c1-10(15)11-4-3-5-12(8-11)18-9-13(16)14-6-7-17-2/h3-5,8,10,15H,6-7,9H2,1-2H3,(H,14,16). The van der Waals surface area contributed by atoms with Crippen molar-refractivity contribution in [1.82, 2.24) is 5.32 Å². The van der Waals surface area contributed by atoms with Crippen LogP contribution >= 0.6 is 0 Å². The first-order valence-electron chi connectivity index (χ1n) is 5.80. The van der Waals surface area contributed by atoms with Gasteiger partial charge in [-0.3, -0.25) is 4.79 Å². The average Bonchev–Trinajstić information content (AvgIpc) is 2.37. The molecule has 0 aliphatic rings. The van der Waals surface area contributed by atoms with E-state index in [1.807, 2.05) is 0 Å². The molecule has 0 aromatic heterocycles. The predicted octanol–water partition coefficient (Wildman–Crippen LogP) is 0.881. The van der Waals surface area contributed by atoms with Crippen LogP contribution in [0.15, 0.2) is 24.3 Å². The van der Waals surface area contributed by atoms with Crippen molar-refractivity contribution in [1.29, 1.82) is 0 Å². The summed E-state index contributed by atoms with van der Waals surface area (Å²) in [6, 6.07) is 7.04. The smallest absolute Gasteiger partial charge is 0.258 e. The average molecular weight is 253 g/mol. The van der Waals surface area contributed by atoms with Gasteiger partial charge in [-0.2, -0.15) is 0 Å². The molecule has 1 atom stereocenters. The molecular formula is C13H19NO4. The van der Waals surface area contributed by atoms with Gasteiger partial charge in [0.1, 0.15) is 5.75 Å². The molecule has 0 saturated carbocycles. The number of amides is 1. The summed E-state index contributed by atoms with van der Waals surface area (Å²) in [5, 5.41) is 12.1. The van der Waals surface area contributed by atoms with E-state index in [0.717, 1.165) is 5.56 Å². The Hall–Kier alpha value is -1.59. The number of aliphatic hydroxyl groups is 1. The minimum atomic E-state index is -0.552. The Morgan fingerprint density at radius 2 is 2.28 bits per heavy atom. The van der Waals surface area contributed by atoms with Crippen molar-refractivity contribution in [3.8, 4) is 5.75 Å². The number of benzene rings is 1. The number of rotatable bonds is 7. The summed E-state index contributed by atoms with van der Waals surface area (Å²) in [7, 11) is 1.57. The van der Waals surface area contributed by atoms with Crippen LogP contribution in [0.1, 0.15) is 18.6 Å². The fraction of sp³-hybridized carbons (Fsp3) is 0.462. The lowest BCUT2D eigenvalue weighted by molar-refractivity contribution is -0.123. The third-order valence-electron chi connectivity index (χ3n) is 2.34. The van der Waals surface area contributed by atoms with E-state index in [9.17, 15) is 9.90 Å². The third-order valence-corrected chi connectivity index (χ3v) is 2.34. The molecule has 0 bridgehead atoms. The highest BCUT2D eigenvalue weighted by Gasteiger charge is 2.04. The van der Waals surface area contributed by atoms with Crippen LogP contribution in [-0.4, -0.2) is 37.9 Å². The van der Waals surface area contributed by atoms with E-state index in [2.05, 4.69) is 5.32 Å². The zero-order valence-corrected chi connectivity index (χ0v) is 10.7. The number of carbonyl (C=O) groups is 1. The number of hydrogen-bond acceptors (Lipinski definition) is 4. The summed E-state index contributed by atoms with van der Waals surface area (Å²) in [5.74, 6) is 0.366. The molecule has 0 heterocycles. The Morgan fingerprint density at radius 1 is 1.50 bits per heavy atom. The quantitative estimate of drug-likeness (QED) is 0.708. The van der Waals surface area contributed by atoms with Crippen LogP contribution in [0.3, 0.4) is 0 Å². The molecule has 1 amide bonds. The van der Waals surface area contributed by atoms with E-state index in [0.29, 0.717) is 18.9 Å². The highest BCUT2D eigenvalue weighted by atomic mass is 16.5. The van der Waals surface area contributed by atoms with Crippen molar-refractivity contribution in [3.05, 3.63) is 29.8 Å². The molecule has 0 fully saturated rings. The normalized spacial score (nSPS) is 11.9. The van der Waals surface area contributed by atoms with Crippen LogP contribution < -0.4 is 10.1 Å². The van der Waals surface area contributed by atoms with Gasteiger partial charge in [0, 0.05) is 13.7 Å². The van der Waals surface area contributed by atoms with Gasteiger partial charge in [-0.25, -0.2) is 0 Å². The van der Waals surface area contributed by atoms with E-state index in [1.165, 1.54) is 0 Å². The first-order chi connectivity index (χ1) is 8.63. The van der Waals surface area contributed by atoms with Gasteiger partial charge in [0.2, 0.25) is 0 Å². The second kappa shape index (κ2) is 7.68. The summed E-state index contributed by atoms with van der Waals surface area (Å²) >= 11 is 0. The van der Waals surface area contributed by atoms with E-state index >= 15 is 0 Å². The van der Waals surface area contributed by atoms with Crippen LogP contribution in [0.4, 0.5) is 0 Å². The molecule has 2 N–H and O–H groups in total. The molecule has 100 valence electrons. The minimum Gasteiger partial charge on any atom is -0.484 e. The first kappa shape index (κ1) is 14.5. The molecule has 5 heteroatoms. The fourth-order valence-corrected chi connectivity index (χ4v) is 1.36. The van der Waals surface area contributed by atoms with Crippen molar-refractivity contribution < 1.29 is 19.4 Å². The second-order valence-corrected chi connectivity index (χ2v) is 3.88. The van der Waals surface area contributed by atoms with Crippen LogP contribution in [0.5, 0.6) is 5.75 Å². The van der Waals surface area contributed by atoms with Crippen LogP contribution in [0, 0.1) is 0 Å². The van der Waals surface area contributed by atoms with Crippen molar-refractivity contribution in [2.45, 2.75) is 13.0 Å². The zero-order chi connectivity index (χ0) is 13.4. The number of carbonyl (C=O) groups excluding carboxylic acids is 1. The molecule has 0 spiro atoms. The van der Waals surface area contributed by atoms with E-state index in [4.69, 9.17) is 9.47 Å². The second-order valence-electron chi connectivity index (χ2n) is 3.88. The molecule has 5 nitrogen and oxygen atoms in total. The van der Waals surface area contributed by atoms with Crippen molar-refractivity contribution in [2.24, 2.45) is 0 Å². The maximum absolute atomic E-state index is 11.4.